The first kappa shape index (κ1) is 7.72. The number of nitrogens with zero attached hydrogens (tertiary/aromatic N) is 3. The smallest absolute Gasteiger partial charge is 0.226 e. The van der Waals surface area contributed by atoms with E-state index in [1.54, 1.807) is 0 Å². The minimum absolute atomic E-state index is 0.0112. The fourth-order valence-electron chi connectivity index (χ4n) is 0.266. The van der Waals surface area contributed by atoms with Crippen LogP contribution in [0.15, 0.2) is 4.99 Å². The maximum absolute atomic E-state index is 7.93. The van der Waals surface area contributed by atoms with Crippen molar-refractivity contribution in [2.45, 2.75) is 0 Å². The summed E-state index contributed by atoms with van der Waals surface area (Å²) in [6.45, 7) is 0.832. The molecule has 0 unspecified atom stereocenters. The molecule has 0 aromatic carbocycles. The Morgan fingerprint density at radius 3 is 2.78 bits per heavy atom. The number of guanidine groups is 1. The molecule has 4 N–H and O–H groups in total. The van der Waals surface area contributed by atoms with Gasteiger partial charge in [-0.1, -0.05) is 0 Å². The van der Waals surface area contributed by atoms with Gasteiger partial charge in [0.15, 0.2) is 0 Å². The third-order valence-electron chi connectivity index (χ3n) is 0.567. The molecule has 0 aliphatic heterocycles. The van der Waals surface area contributed by atoms with Crippen LogP contribution in [0.3, 0.4) is 0 Å². The first-order valence-electron chi connectivity index (χ1n) is 2.41. The van der Waals surface area contributed by atoms with Gasteiger partial charge in [-0.25, -0.2) is 4.99 Å². The molecule has 0 aliphatic carbocycles. The molecule has 0 rings (SSSR count). The quantitative estimate of drug-likeness (QED) is 0.263. The zero-order valence-corrected chi connectivity index (χ0v) is 4.91. The van der Waals surface area contributed by atoms with E-state index in [0.29, 0.717) is 13.1 Å². The lowest BCUT2D eigenvalue weighted by molar-refractivity contribution is 0.959. The molecule has 0 aromatic heterocycles. The predicted molar refractivity (Wildman–Crippen MR) is 33.3 cm³/mol. The summed E-state index contributed by atoms with van der Waals surface area (Å²) in [6, 6.07) is 0. The highest BCUT2D eigenvalue weighted by Crippen LogP contribution is 1.64. The number of rotatable bonds is 2. The molecule has 0 bridgehead atoms. The van der Waals surface area contributed by atoms with Crippen molar-refractivity contribution >= 4 is 5.96 Å². The van der Waals surface area contributed by atoms with Crippen LogP contribution < -0.4 is 16.8 Å². The molecular weight excluding hydrogens is 118 g/mol. The van der Waals surface area contributed by atoms with Crippen LogP contribution in [-0.4, -0.2) is 19.0 Å². The van der Waals surface area contributed by atoms with Gasteiger partial charge in [0.1, 0.15) is 0 Å². The zero-order chi connectivity index (χ0) is 7.11. The van der Waals surface area contributed by atoms with E-state index in [1.807, 2.05) is 0 Å². The van der Waals surface area contributed by atoms with Crippen molar-refractivity contribution in [2.24, 2.45) is 16.5 Å². The van der Waals surface area contributed by atoms with E-state index in [2.05, 4.69) is 10.3 Å². The van der Waals surface area contributed by atoms with Gasteiger partial charge in [-0.05, 0) is 0 Å². The minimum atomic E-state index is -0.0112. The van der Waals surface area contributed by atoms with E-state index in [-0.39, 0.29) is 5.96 Å². The Kier molecular flexibility index (Phi) is 4.18. The van der Waals surface area contributed by atoms with Crippen molar-refractivity contribution in [2.75, 3.05) is 13.1 Å². The maximum atomic E-state index is 7.93. The Bertz CT molecular complexity index is 132. The predicted octanol–water partition coefficient (Wildman–Crippen LogP) is -1.65. The number of aliphatic imine (C=N–C) groups is 1. The Labute approximate surface area is 53.4 Å². The van der Waals surface area contributed by atoms with Crippen LogP contribution in [0.4, 0.5) is 0 Å². The van der Waals surface area contributed by atoms with Crippen molar-refractivity contribution in [3.8, 4) is 6.19 Å². The minimum Gasteiger partial charge on any atom is -0.367 e. The summed E-state index contributed by atoms with van der Waals surface area (Å²) in [7, 11) is 0. The van der Waals surface area contributed by atoms with Crippen LogP contribution >= 0.6 is 0 Å². The highest BCUT2D eigenvalue weighted by Gasteiger charge is 1.86. The summed E-state index contributed by atoms with van der Waals surface area (Å²) in [6.07, 6.45) is 1.50. The van der Waals surface area contributed by atoms with Crippen LogP contribution in [0.2, 0.25) is 0 Å². The second-order valence-corrected chi connectivity index (χ2v) is 1.24. The van der Waals surface area contributed by atoms with Gasteiger partial charge < -0.3 is 11.5 Å². The molecular formula is C4H8N5. The van der Waals surface area contributed by atoms with Gasteiger partial charge in [-0.2, -0.15) is 5.26 Å². The van der Waals surface area contributed by atoms with Gasteiger partial charge >= 0.3 is 0 Å². The fourth-order valence-corrected chi connectivity index (χ4v) is 0.266. The SMILES string of the molecule is N#C[N]C(N)=NCCN. The van der Waals surface area contributed by atoms with Crippen molar-refractivity contribution in [1.82, 2.24) is 5.32 Å². The van der Waals surface area contributed by atoms with E-state index in [1.165, 1.54) is 6.19 Å². The average Bonchev–Trinajstić information content (AvgIpc) is 1.85. The third-order valence-corrected chi connectivity index (χ3v) is 0.567. The number of nitriles is 1. The van der Waals surface area contributed by atoms with E-state index in [0.717, 1.165) is 0 Å². The molecule has 1 radical (unpaired) electrons. The maximum Gasteiger partial charge on any atom is 0.226 e. The molecule has 49 valence electrons. The van der Waals surface area contributed by atoms with Crippen LogP contribution in [0.1, 0.15) is 0 Å². The number of hydrogen-bond acceptors (Lipinski definition) is 3. The highest BCUT2D eigenvalue weighted by atomic mass is 15.1. The fraction of sp³-hybridized carbons (Fsp3) is 0.500. The number of nitrogens with two attached hydrogens (primary N) is 2. The topological polar surface area (TPSA) is 102 Å². The third kappa shape index (κ3) is 4.58. The van der Waals surface area contributed by atoms with Crippen molar-refractivity contribution in [1.29, 1.82) is 5.26 Å². The monoisotopic (exact) mass is 126 g/mol. The lowest BCUT2D eigenvalue weighted by Crippen LogP contribution is -2.22. The normalized spacial score (nSPS) is 10.4. The molecule has 0 spiro atoms. The average molecular weight is 126 g/mol. The van der Waals surface area contributed by atoms with E-state index >= 15 is 0 Å². The van der Waals surface area contributed by atoms with Gasteiger partial charge in [0, 0.05) is 6.54 Å². The summed E-state index contributed by atoms with van der Waals surface area (Å²) in [5.74, 6) is -0.0112. The van der Waals surface area contributed by atoms with Crippen LogP contribution in [0, 0.1) is 11.5 Å². The lowest BCUT2D eigenvalue weighted by Gasteiger charge is -1.89. The van der Waals surface area contributed by atoms with Crippen LogP contribution in [-0.2, 0) is 0 Å². The zero-order valence-electron chi connectivity index (χ0n) is 4.91. The molecule has 0 atom stereocenters. The lowest BCUT2D eigenvalue weighted by atomic mass is 10.7. The van der Waals surface area contributed by atoms with Gasteiger partial charge in [0.25, 0.3) is 0 Å². The van der Waals surface area contributed by atoms with Gasteiger partial charge in [-0.15, -0.1) is 5.32 Å². The van der Waals surface area contributed by atoms with Gasteiger partial charge in [0.05, 0.1) is 6.54 Å². The Morgan fingerprint density at radius 1 is 1.67 bits per heavy atom. The molecule has 5 heteroatoms. The standard InChI is InChI=1S/C4H8N5/c5-1-2-8-4(7)9-3-6/h1-2,5H2,(H2,7,8). The van der Waals surface area contributed by atoms with Gasteiger partial charge in [-0.3, -0.25) is 0 Å². The first-order valence-corrected chi connectivity index (χ1v) is 2.41. The molecule has 0 aromatic rings. The highest BCUT2D eigenvalue weighted by molar-refractivity contribution is 5.78. The Balaban J connectivity index is 3.46. The largest absolute Gasteiger partial charge is 0.367 e. The molecule has 0 fully saturated rings. The molecule has 0 aliphatic rings. The van der Waals surface area contributed by atoms with Crippen LogP contribution in [0.5, 0.6) is 0 Å². The Hall–Kier alpha value is -1.28. The van der Waals surface area contributed by atoms with Crippen molar-refractivity contribution in [3.05, 3.63) is 0 Å². The summed E-state index contributed by atoms with van der Waals surface area (Å²) in [5, 5.41) is 11.1. The van der Waals surface area contributed by atoms with Crippen molar-refractivity contribution in [3.63, 3.8) is 0 Å². The van der Waals surface area contributed by atoms with E-state index < -0.39 is 0 Å². The van der Waals surface area contributed by atoms with E-state index in [4.69, 9.17) is 16.7 Å². The molecule has 5 nitrogen and oxygen atoms in total. The number of hydrogen-bond donors (Lipinski definition) is 2. The second-order valence-electron chi connectivity index (χ2n) is 1.24. The summed E-state index contributed by atoms with van der Waals surface area (Å²) >= 11 is 0. The second kappa shape index (κ2) is 4.87. The molecule has 0 heterocycles. The summed E-state index contributed by atoms with van der Waals surface area (Å²) in [5.41, 5.74) is 10.2. The summed E-state index contributed by atoms with van der Waals surface area (Å²) < 4.78 is 0. The van der Waals surface area contributed by atoms with E-state index in [9.17, 15) is 0 Å². The molecule has 0 saturated heterocycles. The summed E-state index contributed by atoms with van der Waals surface area (Å²) in [4.78, 5) is 3.61. The molecule has 9 heavy (non-hydrogen) atoms. The Morgan fingerprint density at radius 2 is 2.33 bits per heavy atom. The molecule has 0 saturated carbocycles. The molecule has 0 amide bonds. The first-order chi connectivity index (χ1) is 4.31. The van der Waals surface area contributed by atoms with Gasteiger partial charge in [0.2, 0.25) is 12.2 Å². The van der Waals surface area contributed by atoms with Crippen LogP contribution in [0.25, 0.3) is 0 Å². The van der Waals surface area contributed by atoms with Crippen molar-refractivity contribution < 1.29 is 0 Å².